The normalized spacial score (nSPS) is 42.8. The maximum atomic E-state index is 4.91. The van der Waals surface area contributed by atoms with Gasteiger partial charge >= 0.3 is 0 Å². The Balaban J connectivity index is 1.35. The minimum absolute atomic E-state index is 0.404. The predicted octanol–water partition coefficient (Wildman–Crippen LogP) is 7.70. The molecular formula is C29H48N2. The van der Waals surface area contributed by atoms with E-state index in [9.17, 15) is 0 Å². The molecule has 2 aliphatic heterocycles. The molecule has 0 N–H and O–H groups in total. The van der Waals surface area contributed by atoms with Crippen molar-refractivity contribution < 1.29 is 0 Å². The van der Waals surface area contributed by atoms with Crippen LogP contribution in [0.25, 0.3) is 0 Å². The van der Waals surface area contributed by atoms with E-state index in [-0.39, 0.29) is 0 Å². The largest absolute Gasteiger partial charge is 0.334 e. The van der Waals surface area contributed by atoms with E-state index in [1.807, 2.05) is 0 Å². The Morgan fingerprint density at radius 1 is 1.06 bits per heavy atom. The summed E-state index contributed by atoms with van der Waals surface area (Å²) < 4.78 is 0. The highest BCUT2D eigenvalue weighted by Gasteiger charge is 2.59. The first-order chi connectivity index (χ1) is 14.8. The third-order valence-corrected chi connectivity index (χ3v) is 10.9. The number of hydrogen-bond acceptors (Lipinski definition) is 2. The maximum absolute atomic E-state index is 4.91. The monoisotopic (exact) mass is 424 g/mol. The zero-order valence-electron chi connectivity index (χ0n) is 21.1. The van der Waals surface area contributed by atoms with E-state index in [4.69, 9.17) is 4.99 Å². The Morgan fingerprint density at radius 2 is 1.90 bits per heavy atom. The topological polar surface area (TPSA) is 15.6 Å². The Hall–Kier alpha value is -0.790. The van der Waals surface area contributed by atoms with Gasteiger partial charge in [0.1, 0.15) is 5.84 Å². The van der Waals surface area contributed by atoms with Gasteiger partial charge in [0.25, 0.3) is 0 Å². The fourth-order valence-corrected chi connectivity index (χ4v) is 9.33. The third kappa shape index (κ3) is 3.54. The van der Waals surface area contributed by atoms with Crippen LogP contribution in [0.4, 0.5) is 0 Å². The first kappa shape index (κ1) is 22.0. The molecule has 0 amide bonds. The van der Waals surface area contributed by atoms with Crippen LogP contribution in [0.2, 0.25) is 0 Å². The van der Waals surface area contributed by atoms with Crippen LogP contribution in [-0.2, 0) is 0 Å². The summed E-state index contributed by atoms with van der Waals surface area (Å²) in [5, 5.41) is 0. The lowest BCUT2D eigenvalue weighted by Gasteiger charge is -2.60. The first-order valence-electron chi connectivity index (χ1n) is 13.9. The highest BCUT2D eigenvalue weighted by molar-refractivity contribution is 5.86. The van der Waals surface area contributed by atoms with Crippen LogP contribution < -0.4 is 0 Å². The van der Waals surface area contributed by atoms with E-state index < -0.39 is 0 Å². The van der Waals surface area contributed by atoms with Gasteiger partial charge in [0.05, 0.1) is 0 Å². The Morgan fingerprint density at radius 3 is 2.71 bits per heavy atom. The van der Waals surface area contributed by atoms with Crippen LogP contribution in [0.3, 0.4) is 0 Å². The van der Waals surface area contributed by atoms with Crippen LogP contribution >= 0.6 is 0 Å². The minimum Gasteiger partial charge on any atom is -0.334 e. The minimum atomic E-state index is 0.404. The number of allylic oxidation sites excluding steroid dienone is 2. The maximum Gasteiger partial charge on any atom is 0.103 e. The van der Waals surface area contributed by atoms with Gasteiger partial charge in [-0.3, -0.25) is 4.99 Å². The van der Waals surface area contributed by atoms with Crippen molar-refractivity contribution in [3.63, 3.8) is 0 Å². The molecule has 0 aromatic heterocycles. The second-order valence-electron chi connectivity index (χ2n) is 13.0. The van der Waals surface area contributed by atoms with Crippen molar-refractivity contribution in [2.45, 2.75) is 105 Å². The van der Waals surface area contributed by atoms with Gasteiger partial charge in [-0.15, -0.1) is 0 Å². The molecule has 0 aromatic carbocycles. The number of aliphatic imine (C=N–C) groups is 1. The lowest BCUT2D eigenvalue weighted by molar-refractivity contribution is -0.0539. The summed E-state index contributed by atoms with van der Waals surface area (Å²) in [6, 6.07) is 0. The molecule has 0 radical (unpaired) electrons. The summed E-state index contributed by atoms with van der Waals surface area (Å²) in [6.45, 7) is 15.0. The second-order valence-corrected chi connectivity index (χ2v) is 13.0. The van der Waals surface area contributed by atoms with Crippen molar-refractivity contribution >= 4 is 5.84 Å². The number of nitrogens with zero attached hydrogens (tertiary/aromatic N) is 2. The SMILES string of the molecule is CC(C)CCC[C@@H](C)[C@H]1CC[C@H]2[C@@H]3CC=C4N5CCCN=C5CC[C@]4(C)[C@H]3CC[C@]12C. The van der Waals surface area contributed by atoms with Crippen LogP contribution in [0.15, 0.2) is 16.8 Å². The molecule has 2 nitrogen and oxygen atoms in total. The van der Waals surface area contributed by atoms with Gasteiger partial charge in [0.15, 0.2) is 0 Å². The van der Waals surface area contributed by atoms with Crippen LogP contribution in [0.1, 0.15) is 105 Å². The highest BCUT2D eigenvalue weighted by atomic mass is 15.2. The average Bonchev–Trinajstić information content (AvgIpc) is 3.10. The van der Waals surface area contributed by atoms with E-state index in [2.05, 4.69) is 45.6 Å². The zero-order valence-corrected chi connectivity index (χ0v) is 21.1. The molecule has 5 aliphatic rings. The molecule has 2 saturated carbocycles. The van der Waals surface area contributed by atoms with E-state index in [0.717, 1.165) is 42.1 Å². The number of piperidine rings is 1. The van der Waals surface area contributed by atoms with Crippen molar-refractivity contribution in [3.8, 4) is 0 Å². The Labute approximate surface area is 192 Å². The van der Waals surface area contributed by atoms with Gasteiger partial charge in [0.2, 0.25) is 0 Å². The number of fused-ring (bicyclic) bond motifs is 7. The predicted molar refractivity (Wildman–Crippen MR) is 132 cm³/mol. The van der Waals surface area contributed by atoms with Crippen LogP contribution in [-0.4, -0.2) is 23.8 Å². The summed E-state index contributed by atoms with van der Waals surface area (Å²) in [5.41, 5.74) is 2.69. The van der Waals surface area contributed by atoms with Gasteiger partial charge in [0, 0.05) is 30.6 Å². The molecule has 0 aromatic rings. The van der Waals surface area contributed by atoms with Gasteiger partial charge in [-0.05, 0) is 85.9 Å². The Bertz CT molecular complexity index is 735. The fraction of sp³-hybridized carbons (Fsp3) is 0.897. The number of hydrogen-bond donors (Lipinski definition) is 0. The van der Waals surface area contributed by atoms with Crippen molar-refractivity contribution in [1.82, 2.24) is 4.90 Å². The van der Waals surface area contributed by atoms with Crippen molar-refractivity contribution in [3.05, 3.63) is 11.8 Å². The molecule has 174 valence electrons. The quantitative estimate of drug-likeness (QED) is 0.441. The van der Waals surface area contributed by atoms with E-state index in [1.165, 1.54) is 83.0 Å². The van der Waals surface area contributed by atoms with E-state index in [1.54, 1.807) is 5.70 Å². The summed E-state index contributed by atoms with van der Waals surface area (Å²) in [5.74, 6) is 6.96. The summed E-state index contributed by atoms with van der Waals surface area (Å²) in [7, 11) is 0. The van der Waals surface area contributed by atoms with Gasteiger partial charge in [-0.1, -0.05) is 60.0 Å². The molecule has 0 unspecified atom stereocenters. The molecule has 31 heavy (non-hydrogen) atoms. The van der Waals surface area contributed by atoms with Crippen molar-refractivity contribution in [1.29, 1.82) is 0 Å². The molecule has 0 bridgehead atoms. The smallest absolute Gasteiger partial charge is 0.103 e. The highest BCUT2D eigenvalue weighted by Crippen LogP contribution is 2.67. The molecule has 5 rings (SSSR count). The number of amidine groups is 1. The molecule has 3 aliphatic carbocycles. The average molecular weight is 425 g/mol. The molecule has 7 atom stereocenters. The third-order valence-electron chi connectivity index (χ3n) is 10.9. The van der Waals surface area contributed by atoms with Crippen molar-refractivity contribution in [2.75, 3.05) is 13.1 Å². The van der Waals surface area contributed by atoms with Gasteiger partial charge in [-0.2, -0.15) is 0 Å². The van der Waals surface area contributed by atoms with Crippen LogP contribution in [0.5, 0.6) is 0 Å². The number of rotatable bonds is 5. The summed E-state index contributed by atoms with van der Waals surface area (Å²) in [6.07, 6.45) is 18.1. The second kappa shape index (κ2) is 8.21. The Kier molecular flexibility index (Phi) is 5.83. The molecule has 2 heteroatoms. The van der Waals surface area contributed by atoms with E-state index >= 15 is 0 Å². The summed E-state index contributed by atoms with van der Waals surface area (Å²) >= 11 is 0. The van der Waals surface area contributed by atoms with Gasteiger partial charge < -0.3 is 4.90 Å². The van der Waals surface area contributed by atoms with E-state index in [0.29, 0.717) is 10.8 Å². The standard InChI is InChI=1S/C29H48N2/c1-20(2)8-6-9-21(3)23-11-12-24-22-10-13-26-29(5,25(22)14-16-28(23,24)4)17-15-27-30-18-7-19-31(26)27/h13,20-25H,6-12,14-19H2,1-5H3/t21-,22+,23-,24+,25+,28-,29-/m1/s1. The molecular weight excluding hydrogens is 376 g/mol. The fourth-order valence-electron chi connectivity index (χ4n) is 9.33. The summed E-state index contributed by atoms with van der Waals surface area (Å²) in [4.78, 5) is 7.57. The van der Waals surface area contributed by atoms with Crippen molar-refractivity contribution in [2.24, 2.45) is 51.3 Å². The zero-order chi connectivity index (χ0) is 21.8. The lowest BCUT2D eigenvalue weighted by Crippen LogP contribution is -2.55. The molecule has 3 fully saturated rings. The van der Waals surface area contributed by atoms with Crippen LogP contribution in [0, 0.1) is 46.3 Å². The van der Waals surface area contributed by atoms with Gasteiger partial charge in [-0.25, -0.2) is 0 Å². The molecule has 1 saturated heterocycles. The molecule has 2 heterocycles. The molecule has 0 spiro atoms. The lowest BCUT2D eigenvalue weighted by atomic mass is 9.48. The first-order valence-corrected chi connectivity index (χ1v) is 13.9.